The van der Waals surface area contributed by atoms with Crippen LogP contribution in [0, 0.1) is 5.82 Å². The van der Waals surface area contributed by atoms with Gasteiger partial charge in [-0.05, 0) is 49.6 Å². The summed E-state index contributed by atoms with van der Waals surface area (Å²) in [7, 11) is 0. The normalized spacial score (nSPS) is 18.3. The molecule has 0 unspecified atom stereocenters. The van der Waals surface area contributed by atoms with Crippen molar-refractivity contribution in [2.24, 2.45) is 4.99 Å². The molecule has 0 aromatic heterocycles. The monoisotopic (exact) mass is 386 g/mol. The zero-order valence-corrected chi connectivity index (χ0v) is 16.3. The first-order valence-corrected chi connectivity index (χ1v) is 9.98. The molecular weight excluding hydrogens is 363 g/mol. The molecule has 0 bridgehead atoms. The number of benzene rings is 2. The Bertz CT molecular complexity index is 823. The maximum atomic E-state index is 13.0. The van der Waals surface area contributed by atoms with Gasteiger partial charge in [-0.2, -0.15) is 0 Å². The van der Waals surface area contributed by atoms with Crippen molar-refractivity contribution in [3.8, 4) is 5.75 Å². The van der Waals surface area contributed by atoms with Crippen molar-refractivity contribution in [3.63, 3.8) is 0 Å². The van der Waals surface area contributed by atoms with E-state index in [4.69, 9.17) is 4.74 Å². The zero-order chi connectivity index (χ0) is 19.2. The lowest BCUT2D eigenvalue weighted by Gasteiger charge is -2.15. The Hall–Kier alpha value is -2.34. The van der Waals surface area contributed by atoms with Gasteiger partial charge in [0, 0.05) is 13.1 Å². The maximum Gasteiger partial charge on any atom is 0.242 e. The van der Waals surface area contributed by atoms with Crippen molar-refractivity contribution in [1.82, 2.24) is 4.90 Å². The Balaban J connectivity index is 1.71. The van der Waals surface area contributed by atoms with Crippen molar-refractivity contribution in [1.29, 1.82) is 0 Å². The van der Waals surface area contributed by atoms with Crippen molar-refractivity contribution in [3.05, 3.63) is 65.5 Å². The molecule has 1 heterocycles. The number of aliphatic imine (C=N–C) groups is 1. The number of carbonyl (C=O) groups is 1. The summed E-state index contributed by atoms with van der Waals surface area (Å²) in [6.45, 7) is 5.58. The molecule has 1 atom stereocenters. The minimum absolute atomic E-state index is 0.100. The minimum atomic E-state index is -0.263. The maximum absolute atomic E-state index is 13.0. The van der Waals surface area contributed by atoms with Gasteiger partial charge >= 0.3 is 0 Å². The number of nitrogens with zero attached hydrogens (tertiary/aromatic N) is 2. The second-order valence-corrected chi connectivity index (χ2v) is 7.34. The number of amidine groups is 1. The van der Waals surface area contributed by atoms with E-state index >= 15 is 0 Å². The SMILES string of the molecule is CCN=C1S[C@@H](Cc2ccccc2OCc2ccc(F)cc2)C(=O)N1CC. The number of para-hydroxylation sites is 1. The fourth-order valence-electron chi connectivity index (χ4n) is 2.94. The number of hydrogen-bond acceptors (Lipinski definition) is 4. The van der Waals surface area contributed by atoms with Crippen molar-refractivity contribution >= 4 is 22.8 Å². The molecule has 3 rings (SSSR count). The molecule has 142 valence electrons. The minimum Gasteiger partial charge on any atom is -0.489 e. The van der Waals surface area contributed by atoms with Gasteiger partial charge in [0.05, 0.1) is 5.25 Å². The van der Waals surface area contributed by atoms with Gasteiger partial charge in [0.1, 0.15) is 18.2 Å². The van der Waals surface area contributed by atoms with Crippen LogP contribution in [0.5, 0.6) is 5.75 Å². The molecular formula is C21H23FN2O2S. The lowest BCUT2D eigenvalue weighted by Crippen LogP contribution is -2.32. The number of carbonyl (C=O) groups excluding carboxylic acids is 1. The van der Waals surface area contributed by atoms with E-state index in [1.165, 1.54) is 23.9 Å². The average Bonchev–Trinajstić information content (AvgIpc) is 2.97. The first kappa shape index (κ1) is 19.4. The lowest BCUT2D eigenvalue weighted by atomic mass is 10.1. The van der Waals surface area contributed by atoms with Gasteiger partial charge in [0.25, 0.3) is 0 Å². The molecule has 2 aromatic rings. The molecule has 0 aliphatic carbocycles. The van der Waals surface area contributed by atoms with E-state index in [0.29, 0.717) is 26.1 Å². The van der Waals surface area contributed by atoms with Crippen molar-refractivity contribution < 1.29 is 13.9 Å². The second-order valence-electron chi connectivity index (χ2n) is 6.17. The van der Waals surface area contributed by atoms with Gasteiger partial charge in [-0.1, -0.05) is 42.1 Å². The number of rotatable bonds is 7. The summed E-state index contributed by atoms with van der Waals surface area (Å²) in [5.41, 5.74) is 1.88. The van der Waals surface area contributed by atoms with Crippen LogP contribution in [0.3, 0.4) is 0 Å². The topological polar surface area (TPSA) is 41.9 Å². The third kappa shape index (κ3) is 4.69. The van der Waals surface area contributed by atoms with Crippen LogP contribution in [0.4, 0.5) is 4.39 Å². The number of hydrogen-bond donors (Lipinski definition) is 0. The molecule has 1 amide bonds. The van der Waals surface area contributed by atoms with Crippen LogP contribution in [-0.4, -0.2) is 34.3 Å². The fraction of sp³-hybridized carbons (Fsp3) is 0.333. The zero-order valence-electron chi connectivity index (χ0n) is 15.5. The first-order valence-electron chi connectivity index (χ1n) is 9.10. The molecule has 6 heteroatoms. The molecule has 1 fully saturated rings. The summed E-state index contributed by atoms with van der Waals surface area (Å²) in [5.74, 6) is 0.586. The third-order valence-electron chi connectivity index (χ3n) is 4.32. The highest BCUT2D eigenvalue weighted by atomic mass is 32.2. The highest BCUT2D eigenvalue weighted by molar-refractivity contribution is 8.15. The largest absolute Gasteiger partial charge is 0.489 e. The summed E-state index contributed by atoms with van der Waals surface area (Å²) in [5, 5.41) is 0.616. The molecule has 1 aliphatic heterocycles. The Labute approximate surface area is 163 Å². The molecule has 0 saturated carbocycles. The first-order chi connectivity index (χ1) is 13.1. The quantitative estimate of drug-likeness (QED) is 0.713. The van der Waals surface area contributed by atoms with E-state index in [1.807, 2.05) is 38.1 Å². The van der Waals surface area contributed by atoms with E-state index in [-0.39, 0.29) is 17.0 Å². The predicted molar refractivity (Wildman–Crippen MR) is 108 cm³/mol. The van der Waals surface area contributed by atoms with Crippen LogP contribution < -0.4 is 4.74 Å². The van der Waals surface area contributed by atoms with E-state index in [0.717, 1.165) is 22.0 Å². The van der Waals surface area contributed by atoms with Crippen LogP contribution in [0.15, 0.2) is 53.5 Å². The molecule has 2 aromatic carbocycles. The predicted octanol–water partition coefficient (Wildman–Crippen LogP) is 4.29. The summed E-state index contributed by atoms with van der Waals surface area (Å²) < 4.78 is 19.0. The fourth-order valence-corrected chi connectivity index (χ4v) is 4.24. The second kappa shape index (κ2) is 9.04. The van der Waals surface area contributed by atoms with Crippen molar-refractivity contribution in [2.45, 2.75) is 32.1 Å². The van der Waals surface area contributed by atoms with Crippen LogP contribution in [0.1, 0.15) is 25.0 Å². The molecule has 27 heavy (non-hydrogen) atoms. The number of amides is 1. The van der Waals surface area contributed by atoms with Gasteiger partial charge in [-0.3, -0.25) is 14.7 Å². The Morgan fingerprint density at radius 3 is 2.59 bits per heavy atom. The highest BCUT2D eigenvalue weighted by Crippen LogP contribution is 2.32. The molecule has 0 N–H and O–H groups in total. The number of ether oxygens (including phenoxy) is 1. The standard InChI is InChI=1S/C21H23FN2O2S/c1-3-23-21-24(4-2)20(25)19(27-21)13-16-7-5-6-8-18(16)26-14-15-9-11-17(22)12-10-15/h5-12,19H,3-4,13-14H2,1-2H3/t19-/m0/s1. The third-order valence-corrected chi connectivity index (χ3v) is 5.53. The lowest BCUT2D eigenvalue weighted by molar-refractivity contribution is -0.126. The van der Waals surface area contributed by atoms with E-state index < -0.39 is 0 Å². The van der Waals surface area contributed by atoms with Crippen LogP contribution in [0.2, 0.25) is 0 Å². The van der Waals surface area contributed by atoms with Crippen LogP contribution in [-0.2, 0) is 17.8 Å². The Morgan fingerprint density at radius 1 is 1.15 bits per heavy atom. The molecule has 0 spiro atoms. The molecule has 1 saturated heterocycles. The molecule has 0 radical (unpaired) electrons. The smallest absolute Gasteiger partial charge is 0.242 e. The van der Waals surface area contributed by atoms with E-state index in [2.05, 4.69) is 4.99 Å². The summed E-state index contributed by atoms with van der Waals surface area (Å²) >= 11 is 1.52. The Kier molecular flexibility index (Phi) is 6.50. The van der Waals surface area contributed by atoms with Crippen molar-refractivity contribution in [2.75, 3.05) is 13.1 Å². The van der Waals surface area contributed by atoms with Gasteiger partial charge < -0.3 is 4.74 Å². The van der Waals surface area contributed by atoms with Gasteiger partial charge in [-0.25, -0.2) is 4.39 Å². The Morgan fingerprint density at radius 2 is 1.89 bits per heavy atom. The van der Waals surface area contributed by atoms with Gasteiger partial charge in [-0.15, -0.1) is 0 Å². The highest BCUT2D eigenvalue weighted by Gasteiger charge is 2.37. The van der Waals surface area contributed by atoms with Crippen LogP contribution in [0.25, 0.3) is 0 Å². The van der Waals surface area contributed by atoms with E-state index in [1.54, 1.807) is 17.0 Å². The molecule has 4 nitrogen and oxygen atoms in total. The summed E-state index contributed by atoms with van der Waals surface area (Å²) in [6, 6.07) is 14.0. The summed E-state index contributed by atoms with van der Waals surface area (Å²) in [6.07, 6.45) is 0.586. The molecule has 1 aliphatic rings. The van der Waals surface area contributed by atoms with E-state index in [9.17, 15) is 9.18 Å². The van der Waals surface area contributed by atoms with Gasteiger partial charge in [0.15, 0.2) is 5.17 Å². The number of thioether (sulfide) groups is 1. The summed E-state index contributed by atoms with van der Waals surface area (Å²) in [4.78, 5) is 18.9. The number of halogens is 1. The van der Waals surface area contributed by atoms with Gasteiger partial charge in [0.2, 0.25) is 5.91 Å². The van der Waals surface area contributed by atoms with Crippen LogP contribution >= 0.6 is 11.8 Å². The average molecular weight is 386 g/mol.